The molecule has 0 aromatic carbocycles. The summed E-state index contributed by atoms with van der Waals surface area (Å²) in [7, 11) is 0. The summed E-state index contributed by atoms with van der Waals surface area (Å²) in [5, 5.41) is 17.2. The lowest BCUT2D eigenvalue weighted by Gasteiger charge is -1.99. The minimum atomic E-state index is -0.0818. The summed E-state index contributed by atoms with van der Waals surface area (Å²) < 4.78 is 5.27. The van der Waals surface area contributed by atoms with Gasteiger partial charge in [-0.25, -0.2) is 0 Å². The average Bonchev–Trinajstić information content (AvgIpc) is 2.52. The molecule has 0 unspecified atom stereocenters. The number of hydrogen-bond donors (Lipinski definition) is 1. The van der Waals surface area contributed by atoms with E-state index in [1.54, 1.807) is 0 Å². The Kier molecular flexibility index (Phi) is 3.85. The highest BCUT2D eigenvalue weighted by Crippen LogP contribution is 2.17. The van der Waals surface area contributed by atoms with Crippen LogP contribution in [0.2, 0.25) is 0 Å². The maximum absolute atomic E-state index is 8.70. The summed E-state index contributed by atoms with van der Waals surface area (Å²) in [6, 6.07) is 0. The van der Waals surface area contributed by atoms with E-state index in [1.165, 1.54) is 11.3 Å². The zero-order chi connectivity index (χ0) is 9.68. The molecule has 0 saturated carbocycles. The predicted octanol–water partition coefficient (Wildman–Crippen LogP) is 1.38. The molecule has 0 saturated heterocycles. The van der Waals surface area contributed by atoms with Gasteiger partial charge in [0.15, 0.2) is 0 Å². The van der Waals surface area contributed by atoms with Gasteiger partial charge in [0.1, 0.15) is 5.01 Å². The molecule has 13 heavy (non-hydrogen) atoms. The molecule has 72 valence electrons. The SMILES string of the molecule is C=C(C)CCOc1nnc(CO)s1. The lowest BCUT2D eigenvalue weighted by molar-refractivity contribution is 0.280. The molecule has 0 atom stereocenters. The maximum Gasteiger partial charge on any atom is 0.294 e. The standard InChI is InChI=1S/C8H12N2O2S/c1-6(2)3-4-12-8-10-9-7(5-11)13-8/h11H,1,3-5H2,2H3. The smallest absolute Gasteiger partial charge is 0.294 e. The van der Waals surface area contributed by atoms with E-state index in [1.807, 2.05) is 6.92 Å². The summed E-state index contributed by atoms with van der Waals surface area (Å²) >= 11 is 1.26. The lowest BCUT2D eigenvalue weighted by atomic mass is 10.3. The molecule has 1 heterocycles. The first-order valence-electron chi connectivity index (χ1n) is 3.93. The molecule has 0 aliphatic carbocycles. The van der Waals surface area contributed by atoms with Crippen LogP contribution in [0.3, 0.4) is 0 Å². The van der Waals surface area contributed by atoms with Crippen molar-refractivity contribution in [1.82, 2.24) is 10.2 Å². The summed E-state index contributed by atoms with van der Waals surface area (Å²) in [6.07, 6.45) is 0.814. The van der Waals surface area contributed by atoms with Crippen LogP contribution in [-0.2, 0) is 6.61 Å². The van der Waals surface area contributed by atoms with Crippen molar-refractivity contribution < 1.29 is 9.84 Å². The number of aliphatic hydroxyl groups excluding tert-OH is 1. The quantitative estimate of drug-likeness (QED) is 0.729. The van der Waals surface area contributed by atoms with Crippen LogP contribution in [0.25, 0.3) is 0 Å². The van der Waals surface area contributed by atoms with Crippen LogP contribution in [-0.4, -0.2) is 21.9 Å². The number of aliphatic hydroxyl groups is 1. The Morgan fingerprint density at radius 2 is 2.38 bits per heavy atom. The zero-order valence-corrected chi connectivity index (χ0v) is 8.30. The number of hydrogen-bond acceptors (Lipinski definition) is 5. The van der Waals surface area contributed by atoms with Crippen LogP contribution in [0, 0.1) is 0 Å². The minimum Gasteiger partial charge on any atom is -0.469 e. The van der Waals surface area contributed by atoms with Gasteiger partial charge in [-0.2, -0.15) is 0 Å². The molecule has 0 aliphatic rings. The van der Waals surface area contributed by atoms with Gasteiger partial charge < -0.3 is 9.84 Å². The van der Waals surface area contributed by atoms with Gasteiger partial charge >= 0.3 is 0 Å². The van der Waals surface area contributed by atoms with Crippen molar-refractivity contribution in [3.8, 4) is 5.19 Å². The summed E-state index contributed by atoms with van der Waals surface area (Å²) in [5.74, 6) is 0. The molecule has 1 aromatic rings. The first-order chi connectivity index (χ1) is 6.22. The molecule has 1 rings (SSSR count). The molecule has 0 amide bonds. The fourth-order valence-corrected chi connectivity index (χ4v) is 1.24. The van der Waals surface area contributed by atoms with Crippen molar-refractivity contribution in [2.45, 2.75) is 20.0 Å². The Labute approximate surface area is 80.9 Å². The molecule has 0 radical (unpaired) electrons. The highest BCUT2D eigenvalue weighted by Gasteiger charge is 2.02. The molecular weight excluding hydrogens is 188 g/mol. The highest BCUT2D eigenvalue weighted by molar-refractivity contribution is 7.13. The largest absolute Gasteiger partial charge is 0.469 e. The third kappa shape index (κ3) is 3.52. The normalized spacial score (nSPS) is 10.0. The summed E-state index contributed by atoms with van der Waals surface area (Å²) in [6.45, 7) is 6.19. The third-order valence-corrected chi connectivity index (χ3v) is 2.16. The lowest BCUT2D eigenvalue weighted by Crippen LogP contribution is -1.96. The Morgan fingerprint density at radius 1 is 1.62 bits per heavy atom. The van der Waals surface area contributed by atoms with Gasteiger partial charge in [-0.1, -0.05) is 22.0 Å². The second-order valence-corrected chi connectivity index (χ2v) is 3.70. The molecule has 0 fully saturated rings. The monoisotopic (exact) mass is 200 g/mol. The molecule has 0 bridgehead atoms. The van der Waals surface area contributed by atoms with Gasteiger partial charge in [0.25, 0.3) is 5.19 Å². The van der Waals surface area contributed by atoms with Crippen LogP contribution in [0.15, 0.2) is 12.2 Å². The van der Waals surface area contributed by atoms with E-state index in [9.17, 15) is 0 Å². The maximum atomic E-state index is 8.70. The van der Waals surface area contributed by atoms with Crippen LogP contribution in [0.1, 0.15) is 18.4 Å². The van der Waals surface area contributed by atoms with Crippen molar-refractivity contribution in [2.75, 3.05) is 6.61 Å². The van der Waals surface area contributed by atoms with Crippen molar-refractivity contribution >= 4 is 11.3 Å². The van der Waals surface area contributed by atoms with E-state index in [4.69, 9.17) is 9.84 Å². The minimum absolute atomic E-state index is 0.0818. The first kappa shape index (κ1) is 10.1. The van der Waals surface area contributed by atoms with Crippen LogP contribution in [0.5, 0.6) is 5.19 Å². The zero-order valence-electron chi connectivity index (χ0n) is 7.49. The topological polar surface area (TPSA) is 55.2 Å². The Bertz CT molecular complexity index is 285. The van der Waals surface area contributed by atoms with Crippen molar-refractivity contribution in [3.63, 3.8) is 0 Å². The van der Waals surface area contributed by atoms with Gasteiger partial charge in [-0.3, -0.25) is 0 Å². The number of nitrogens with zero attached hydrogens (tertiary/aromatic N) is 2. The van der Waals surface area contributed by atoms with E-state index < -0.39 is 0 Å². The van der Waals surface area contributed by atoms with Gasteiger partial charge in [0.05, 0.1) is 13.2 Å². The summed E-state index contributed by atoms with van der Waals surface area (Å²) in [4.78, 5) is 0. The number of aromatic nitrogens is 2. The van der Waals surface area contributed by atoms with Gasteiger partial charge in [0, 0.05) is 6.42 Å². The van der Waals surface area contributed by atoms with E-state index in [0.717, 1.165) is 12.0 Å². The molecule has 1 aromatic heterocycles. The molecular formula is C8H12N2O2S. The van der Waals surface area contributed by atoms with E-state index in [0.29, 0.717) is 16.8 Å². The molecule has 0 spiro atoms. The predicted molar refractivity (Wildman–Crippen MR) is 50.8 cm³/mol. The van der Waals surface area contributed by atoms with Gasteiger partial charge in [-0.05, 0) is 6.92 Å². The third-order valence-electron chi connectivity index (χ3n) is 1.34. The molecule has 5 heteroatoms. The molecule has 0 aliphatic heterocycles. The Morgan fingerprint density at radius 3 is 2.92 bits per heavy atom. The fourth-order valence-electron chi connectivity index (χ4n) is 0.673. The number of ether oxygens (including phenoxy) is 1. The second kappa shape index (κ2) is 4.94. The van der Waals surface area contributed by atoms with E-state index >= 15 is 0 Å². The molecule has 1 N–H and O–H groups in total. The molecule has 4 nitrogen and oxygen atoms in total. The van der Waals surface area contributed by atoms with Crippen LogP contribution < -0.4 is 4.74 Å². The average molecular weight is 200 g/mol. The van der Waals surface area contributed by atoms with Crippen LogP contribution in [0.4, 0.5) is 0 Å². The van der Waals surface area contributed by atoms with Crippen molar-refractivity contribution in [1.29, 1.82) is 0 Å². The second-order valence-electron chi connectivity index (χ2n) is 2.68. The summed E-state index contributed by atoms with van der Waals surface area (Å²) in [5.41, 5.74) is 1.08. The number of rotatable bonds is 5. The van der Waals surface area contributed by atoms with Gasteiger partial charge in [0.2, 0.25) is 0 Å². The first-order valence-corrected chi connectivity index (χ1v) is 4.74. The van der Waals surface area contributed by atoms with E-state index in [2.05, 4.69) is 16.8 Å². The Balaban J connectivity index is 2.32. The van der Waals surface area contributed by atoms with Crippen LogP contribution >= 0.6 is 11.3 Å². The van der Waals surface area contributed by atoms with E-state index in [-0.39, 0.29) is 6.61 Å². The van der Waals surface area contributed by atoms with Gasteiger partial charge in [-0.15, -0.1) is 11.7 Å². The fraction of sp³-hybridized carbons (Fsp3) is 0.500. The van der Waals surface area contributed by atoms with Crippen molar-refractivity contribution in [3.05, 3.63) is 17.2 Å². The Hall–Kier alpha value is -0.940. The van der Waals surface area contributed by atoms with Crippen molar-refractivity contribution in [2.24, 2.45) is 0 Å². The highest BCUT2D eigenvalue weighted by atomic mass is 32.1.